The van der Waals surface area contributed by atoms with Gasteiger partial charge in [-0.1, -0.05) is 30.3 Å². The van der Waals surface area contributed by atoms with Gasteiger partial charge in [-0.15, -0.1) is 0 Å². The van der Waals surface area contributed by atoms with Crippen LogP contribution in [0, 0.1) is 0 Å². The van der Waals surface area contributed by atoms with Gasteiger partial charge in [0.1, 0.15) is 6.33 Å². The highest BCUT2D eigenvalue weighted by Gasteiger charge is 2.16. The van der Waals surface area contributed by atoms with Crippen LogP contribution < -0.4 is 5.32 Å². The highest BCUT2D eigenvalue weighted by Crippen LogP contribution is 2.18. The van der Waals surface area contributed by atoms with E-state index < -0.39 is 0 Å². The van der Waals surface area contributed by atoms with E-state index in [0.717, 1.165) is 30.9 Å². The van der Waals surface area contributed by atoms with Crippen molar-refractivity contribution in [2.75, 3.05) is 0 Å². The van der Waals surface area contributed by atoms with Crippen molar-refractivity contribution >= 4 is 0 Å². The van der Waals surface area contributed by atoms with Gasteiger partial charge in [0.15, 0.2) is 0 Å². The Kier molecular flexibility index (Phi) is 2.38. The summed E-state index contributed by atoms with van der Waals surface area (Å²) < 4.78 is 0. The Morgan fingerprint density at radius 1 is 1.06 bits per heavy atom. The summed E-state index contributed by atoms with van der Waals surface area (Å²) in [5.74, 6) is 0. The van der Waals surface area contributed by atoms with Crippen molar-refractivity contribution in [3.05, 3.63) is 59.2 Å². The minimum absolute atomic E-state index is 0.875. The Morgan fingerprint density at radius 2 is 1.94 bits per heavy atom. The van der Waals surface area contributed by atoms with Crippen LogP contribution in [0.3, 0.4) is 0 Å². The van der Waals surface area contributed by atoms with Crippen molar-refractivity contribution in [2.24, 2.45) is 0 Å². The maximum absolute atomic E-state index is 4.39. The Hall–Kier alpha value is -1.74. The summed E-state index contributed by atoms with van der Waals surface area (Å²) in [4.78, 5) is 8.68. The van der Waals surface area contributed by atoms with Crippen molar-refractivity contribution in [2.45, 2.75) is 19.5 Å². The zero-order valence-electron chi connectivity index (χ0n) is 8.98. The molecule has 0 fully saturated rings. The number of rotatable bonds is 2. The molecule has 0 amide bonds. The van der Waals surface area contributed by atoms with Crippen LogP contribution in [0.5, 0.6) is 0 Å². The molecule has 2 aromatic rings. The topological polar surface area (TPSA) is 37.8 Å². The minimum atomic E-state index is 0.875. The molecule has 1 N–H and O–H groups in total. The molecule has 1 aliphatic heterocycles. The molecule has 0 saturated heterocycles. The molecule has 0 unspecified atom stereocenters. The van der Waals surface area contributed by atoms with E-state index in [4.69, 9.17) is 0 Å². The normalized spacial score (nSPS) is 13.8. The van der Waals surface area contributed by atoms with Gasteiger partial charge < -0.3 is 5.32 Å². The predicted molar refractivity (Wildman–Crippen MR) is 61.8 cm³/mol. The van der Waals surface area contributed by atoms with E-state index in [1.165, 1.54) is 11.1 Å². The molecule has 1 aromatic carbocycles. The molecule has 0 saturated carbocycles. The van der Waals surface area contributed by atoms with Crippen LogP contribution in [-0.2, 0) is 19.5 Å². The lowest BCUT2D eigenvalue weighted by Gasteiger charge is -2.05. The van der Waals surface area contributed by atoms with E-state index in [1.807, 2.05) is 6.07 Å². The number of nitrogens with one attached hydrogen (secondary N) is 1. The molecule has 3 heteroatoms. The molecule has 3 nitrogen and oxygen atoms in total. The van der Waals surface area contributed by atoms with Crippen LogP contribution in [0.2, 0.25) is 0 Å². The Labute approximate surface area is 94.6 Å². The molecule has 1 aromatic heterocycles. The van der Waals surface area contributed by atoms with Crippen LogP contribution in [0.1, 0.15) is 22.5 Å². The average molecular weight is 211 g/mol. The number of benzene rings is 1. The first kappa shape index (κ1) is 9.48. The maximum atomic E-state index is 4.39. The number of hydrogen-bond donors (Lipinski definition) is 1. The largest absolute Gasteiger partial charge is 0.307 e. The van der Waals surface area contributed by atoms with Crippen molar-refractivity contribution < 1.29 is 0 Å². The maximum Gasteiger partial charge on any atom is 0.116 e. The molecule has 0 radical (unpaired) electrons. The van der Waals surface area contributed by atoms with Gasteiger partial charge in [-0.2, -0.15) is 0 Å². The summed E-state index contributed by atoms with van der Waals surface area (Å²) in [7, 11) is 0. The average Bonchev–Trinajstić information content (AvgIpc) is 2.80. The predicted octanol–water partition coefficient (Wildman–Crippen LogP) is 1.67. The van der Waals surface area contributed by atoms with Gasteiger partial charge in [0.25, 0.3) is 0 Å². The lowest BCUT2D eigenvalue weighted by atomic mass is 10.1. The van der Waals surface area contributed by atoms with Crippen LogP contribution in [0.15, 0.2) is 36.7 Å². The molecule has 3 rings (SSSR count). The van der Waals surface area contributed by atoms with Crippen LogP contribution in [-0.4, -0.2) is 9.97 Å². The monoisotopic (exact) mass is 211 g/mol. The molecule has 1 aliphatic rings. The Balaban J connectivity index is 1.94. The molecule has 2 heterocycles. The van der Waals surface area contributed by atoms with E-state index in [1.54, 1.807) is 6.33 Å². The van der Waals surface area contributed by atoms with E-state index in [-0.39, 0.29) is 0 Å². The molecule has 0 aliphatic carbocycles. The van der Waals surface area contributed by atoms with E-state index >= 15 is 0 Å². The van der Waals surface area contributed by atoms with Gasteiger partial charge in [-0.25, -0.2) is 9.97 Å². The fourth-order valence-electron chi connectivity index (χ4n) is 2.09. The first-order valence-corrected chi connectivity index (χ1v) is 5.50. The zero-order valence-corrected chi connectivity index (χ0v) is 8.98. The zero-order chi connectivity index (χ0) is 10.8. The Morgan fingerprint density at radius 3 is 2.81 bits per heavy atom. The van der Waals surface area contributed by atoms with E-state index in [0.29, 0.717) is 0 Å². The third-order valence-corrected chi connectivity index (χ3v) is 2.93. The summed E-state index contributed by atoms with van der Waals surface area (Å²) in [6, 6.07) is 10.4. The van der Waals surface area contributed by atoms with E-state index in [9.17, 15) is 0 Å². The summed E-state index contributed by atoms with van der Waals surface area (Å²) in [6.45, 7) is 1.78. The van der Waals surface area contributed by atoms with Gasteiger partial charge in [-0.3, -0.25) is 0 Å². The van der Waals surface area contributed by atoms with Crippen LogP contribution in [0.25, 0.3) is 0 Å². The third-order valence-electron chi connectivity index (χ3n) is 2.93. The lowest BCUT2D eigenvalue weighted by molar-refractivity contribution is 0.756. The van der Waals surface area contributed by atoms with Gasteiger partial charge in [0.05, 0.1) is 11.4 Å². The molecule has 80 valence electrons. The molecular weight excluding hydrogens is 198 g/mol. The standard InChI is InChI=1S/C13H13N3/c1-2-4-10(5-3-1)6-12-11-7-14-8-13(11)16-9-15-12/h1-5,9,14H,6-8H2. The van der Waals surface area contributed by atoms with Gasteiger partial charge in [0, 0.05) is 25.1 Å². The second-order valence-corrected chi connectivity index (χ2v) is 4.01. The van der Waals surface area contributed by atoms with E-state index in [2.05, 4.69) is 39.6 Å². The Bertz CT molecular complexity index is 494. The highest BCUT2D eigenvalue weighted by atomic mass is 15.0. The summed E-state index contributed by atoms with van der Waals surface area (Å²) >= 11 is 0. The quantitative estimate of drug-likeness (QED) is 0.821. The fourth-order valence-corrected chi connectivity index (χ4v) is 2.09. The molecule has 0 atom stereocenters. The smallest absolute Gasteiger partial charge is 0.116 e. The number of hydrogen-bond acceptors (Lipinski definition) is 3. The van der Waals surface area contributed by atoms with Crippen molar-refractivity contribution in [1.82, 2.24) is 15.3 Å². The number of fused-ring (bicyclic) bond motifs is 1. The minimum Gasteiger partial charge on any atom is -0.307 e. The summed E-state index contributed by atoms with van der Waals surface area (Å²) in [5.41, 5.74) is 4.89. The number of nitrogens with zero attached hydrogens (tertiary/aromatic N) is 2. The first-order chi connectivity index (χ1) is 7.93. The van der Waals surface area contributed by atoms with Gasteiger partial charge in [-0.05, 0) is 5.56 Å². The SMILES string of the molecule is c1ccc(Cc2ncnc3c2CNC3)cc1. The number of aromatic nitrogens is 2. The van der Waals surface area contributed by atoms with Crippen molar-refractivity contribution in [3.63, 3.8) is 0 Å². The molecule has 0 spiro atoms. The fraction of sp³-hybridized carbons (Fsp3) is 0.231. The van der Waals surface area contributed by atoms with Crippen LogP contribution in [0.4, 0.5) is 0 Å². The van der Waals surface area contributed by atoms with Crippen molar-refractivity contribution in [1.29, 1.82) is 0 Å². The lowest BCUT2D eigenvalue weighted by Crippen LogP contribution is -2.02. The first-order valence-electron chi connectivity index (χ1n) is 5.50. The summed E-state index contributed by atoms with van der Waals surface area (Å²) in [6.07, 6.45) is 2.57. The highest BCUT2D eigenvalue weighted by molar-refractivity contribution is 5.32. The van der Waals surface area contributed by atoms with Crippen molar-refractivity contribution in [3.8, 4) is 0 Å². The summed E-state index contributed by atoms with van der Waals surface area (Å²) in [5, 5.41) is 3.31. The molecule has 0 bridgehead atoms. The molecule has 16 heavy (non-hydrogen) atoms. The third kappa shape index (κ3) is 1.70. The van der Waals surface area contributed by atoms with Gasteiger partial charge in [0.2, 0.25) is 0 Å². The van der Waals surface area contributed by atoms with Crippen LogP contribution >= 0.6 is 0 Å². The second-order valence-electron chi connectivity index (χ2n) is 4.01. The molecular formula is C13H13N3. The van der Waals surface area contributed by atoms with Gasteiger partial charge >= 0.3 is 0 Å². The second kappa shape index (κ2) is 4.02.